The number of alkyl halides is 3. The molecule has 1 aliphatic rings. The van der Waals surface area contributed by atoms with E-state index < -0.39 is 18.0 Å². The van der Waals surface area contributed by atoms with Crippen molar-refractivity contribution in [2.45, 2.75) is 6.36 Å². The van der Waals surface area contributed by atoms with Gasteiger partial charge in [0.25, 0.3) is 5.91 Å². The van der Waals surface area contributed by atoms with Gasteiger partial charge in [-0.1, -0.05) is 11.6 Å². The highest BCUT2D eigenvalue weighted by molar-refractivity contribution is 6.32. The van der Waals surface area contributed by atoms with E-state index in [1.54, 1.807) is 7.05 Å². The van der Waals surface area contributed by atoms with Crippen molar-refractivity contribution in [3.05, 3.63) is 35.0 Å². The molecule has 1 aromatic carbocycles. The second-order valence-corrected chi connectivity index (χ2v) is 6.34. The zero-order valence-corrected chi connectivity index (χ0v) is 16.0. The summed E-state index contributed by atoms with van der Waals surface area (Å²) in [5.41, 5.74) is -0.00475. The van der Waals surface area contributed by atoms with Gasteiger partial charge >= 0.3 is 6.36 Å². The molecule has 1 aromatic heterocycles. The second-order valence-electron chi connectivity index (χ2n) is 5.93. The zero-order valence-electron chi connectivity index (χ0n) is 15.2. The number of hydrogen-bond acceptors (Lipinski definition) is 7. The number of halogens is 4. The molecular weight excluding hydrogens is 415 g/mol. The van der Waals surface area contributed by atoms with Crippen molar-refractivity contribution in [3.63, 3.8) is 0 Å². The van der Waals surface area contributed by atoms with Gasteiger partial charge < -0.3 is 25.0 Å². The number of carbonyl (C=O) groups excluding carboxylic acids is 1. The zero-order chi connectivity index (χ0) is 21.0. The maximum atomic E-state index is 12.9. The minimum absolute atomic E-state index is 0.00182. The Morgan fingerprint density at radius 2 is 2.03 bits per heavy atom. The standard InChI is InChI=1S/C17H17ClF3N5O3/c1-22-14-11(18)9-23-16(25-14)24-12-3-2-10(8-13(12)29-17(19,20)21)15(27)26-4-6-28-7-5-26/h2-3,8-9H,4-7H2,1H3,(H2,22,23,24,25). The SMILES string of the molecule is CNc1nc(Nc2ccc(C(=O)N3CCOCC3)cc2OC(F)(F)F)ncc1Cl. The molecule has 0 radical (unpaired) electrons. The first-order valence-corrected chi connectivity index (χ1v) is 8.89. The third-order valence-electron chi connectivity index (χ3n) is 3.98. The van der Waals surface area contributed by atoms with Crippen LogP contribution in [0, 0.1) is 0 Å². The number of nitrogens with zero attached hydrogens (tertiary/aromatic N) is 3. The highest BCUT2D eigenvalue weighted by Crippen LogP contribution is 2.33. The Morgan fingerprint density at radius 1 is 1.31 bits per heavy atom. The number of ether oxygens (including phenoxy) is 2. The summed E-state index contributed by atoms with van der Waals surface area (Å²) in [6.45, 7) is 1.47. The van der Waals surface area contributed by atoms with Crippen LogP contribution in [-0.4, -0.2) is 60.5 Å². The first kappa shape index (κ1) is 20.9. The van der Waals surface area contributed by atoms with Crippen LogP contribution >= 0.6 is 11.6 Å². The van der Waals surface area contributed by atoms with Crippen molar-refractivity contribution < 1.29 is 27.4 Å². The number of rotatable bonds is 5. The number of amides is 1. The third kappa shape index (κ3) is 5.39. The predicted octanol–water partition coefficient (Wildman–Crippen LogP) is 3.29. The van der Waals surface area contributed by atoms with Gasteiger partial charge in [-0.15, -0.1) is 13.2 Å². The van der Waals surface area contributed by atoms with E-state index in [1.165, 1.54) is 23.2 Å². The number of aromatic nitrogens is 2. The van der Waals surface area contributed by atoms with Crippen molar-refractivity contribution >= 4 is 35.0 Å². The molecule has 0 aliphatic carbocycles. The van der Waals surface area contributed by atoms with Crippen LogP contribution in [0.4, 0.5) is 30.6 Å². The Labute approximate surface area is 169 Å². The summed E-state index contributed by atoms with van der Waals surface area (Å²) in [7, 11) is 1.59. The van der Waals surface area contributed by atoms with Crippen LogP contribution in [0.15, 0.2) is 24.4 Å². The lowest BCUT2D eigenvalue weighted by Gasteiger charge is -2.27. The van der Waals surface area contributed by atoms with Gasteiger partial charge in [-0.05, 0) is 18.2 Å². The number of hydrogen-bond donors (Lipinski definition) is 2. The number of benzene rings is 1. The van der Waals surface area contributed by atoms with Crippen molar-refractivity contribution in [2.24, 2.45) is 0 Å². The molecule has 1 saturated heterocycles. The first-order valence-electron chi connectivity index (χ1n) is 8.51. The van der Waals surface area contributed by atoms with Crippen LogP contribution < -0.4 is 15.4 Å². The van der Waals surface area contributed by atoms with Crippen molar-refractivity contribution in [1.82, 2.24) is 14.9 Å². The molecule has 1 amide bonds. The van der Waals surface area contributed by atoms with Gasteiger partial charge in [0.05, 0.1) is 25.1 Å². The third-order valence-corrected chi connectivity index (χ3v) is 4.26. The summed E-state index contributed by atoms with van der Waals surface area (Å²) in [6, 6.07) is 3.73. The second kappa shape index (κ2) is 8.70. The van der Waals surface area contributed by atoms with E-state index in [1.807, 2.05) is 0 Å². The highest BCUT2D eigenvalue weighted by Gasteiger charge is 2.33. The van der Waals surface area contributed by atoms with E-state index in [0.29, 0.717) is 32.1 Å². The van der Waals surface area contributed by atoms with Crippen molar-refractivity contribution in [2.75, 3.05) is 44.0 Å². The summed E-state index contributed by atoms with van der Waals surface area (Å²) < 4.78 is 48.0. The lowest BCUT2D eigenvalue weighted by molar-refractivity contribution is -0.274. The summed E-state index contributed by atoms with van der Waals surface area (Å²) in [5.74, 6) is -0.701. The number of morpholine rings is 1. The molecule has 2 N–H and O–H groups in total. The largest absolute Gasteiger partial charge is 0.573 e. The summed E-state index contributed by atoms with van der Waals surface area (Å²) in [4.78, 5) is 22.1. The van der Waals surface area contributed by atoms with E-state index in [0.717, 1.165) is 6.07 Å². The summed E-state index contributed by atoms with van der Waals surface area (Å²) >= 11 is 5.91. The van der Waals surface area contributed by atoms with Gasteiger partial charge in [0.2, 0.25) is 5.95 Å². The molecule has 29 heavy (non-hydrogen) atoms. The molecule has 2 aromatic rings. The van der Waals surface area contributed by atoms with Crippen LogP contribution in [0.1, 0.15) is 10.4 Å². The predicted molar refractivity (Wildman–Crippen MR) is 99.7 cm³/mol. The van der Waals surface area contributed by atoms with Crippen LogP contribution in [0.25, 0.3) is 0 Å². The van der Waals surface area contributed by atoms with Gasteiger partial charge in [0.15, 0.2) is 5.75 Å². The first-order chi connectivity index (χ1) is 13.8. The van der Waals surface area contributed by atoms with Gasteiger partial charge in [-0.3, -0.25) is 4.79 Å². The fourth-order valence-electron chi connectivity index (χ4n) is 2.64. The van der Waals surface area contributed by atoms with Gasteiger partial charge in [-0.25, -0.2) is 4.98 Å². The van der Waals surface area contributed by atoms with Gasteiger partial charge in [-0.2, -0.15) is 4.98 Å². The molecule has 2 heterocycles. The molecule has 1 aliphatic heterocycles. The van der Waals surface area contributed by atoms with Crippen molar-refractivity contribution in [3.8, 4) is 5.75 Å². The highest BCUT2D eigenvalue weighted by atomic mass is 35.5. The van der Waals surface area contributed by atoms with E-state index in [-0.39, 0.29) is 22.2 Å². The quantitative estimate of drug-likeness (QED) is 0.751. The molecule has 0 atom stereocenters. The molecule has 8 nitrogen and oxygen atoms in total. The van der Waals surface area contributed by atoms with E-state index in [2.05, 4.69) is 25.3 Å². The maximum Gasteiger partial charge on any atom is 0.573 e. The summed E-state index contributed by atoms with van der Waals surface area (Å²) in [6.07, 6.45) is -3.66. The van der Waals surface area contributed by atoms with Crippen LogP contribution in [-0.2, 0) is 4.74 Å². The van der Waals surface area contributed by atoms with Crippen molar-refractivity contribution in [1.29, 1.82) is 0 Å². The maximum absolute atomic E-state index is 12.9. The molecule has 12 heteroatoms. The molecule has 156 valence electrons. The average molecular weight is 432 g/mol. The van der Waals surface area contributed by atoms with Crippen LogP contribution in [0.3, 0.4) is 0 Å². The lowest BCUT2D eigenvalue weighted by Crippen LogP contribution is -2.40. The monoisotopic (exact) mass is 431 g/mol. The molecule has 0 unspecified atom stereocenters. The lowest BCUT2D eigenvalue weighted by atomic mass is 10.1. The molecule has 0 saturated carbocycles. The number of anilines is 3. The Morgan fingerprint density at radius 3 is 2.69 bits per heavy atom. The molecular formula is C17H17ClF3N5O3. The smallest absolute Gasteiger partial charge is 0.404 e. The molecule has 0 spiro atoms. The van der Waals surface area contributed by atoms with Crippen LogP contribution in [0.2, 0.25) is 5.02 Å². The minimum Gasteiger partial charge on any atom is -0.404 e. The average Bonchev–Trinajstić information content (AvgIpc) is 2.69. The van der Waals surface area contributed by atoms with E-state index >= 15 is 0 Å². The Kier molecular flexibility index (Phi) is 6.28. The van der Waals surface area contributed by atoms with Gasteiger partial charge in [0, 0.05) is 25.7 Å². The normalized spacial score (nSPS) is 14.4. The Balaban J connectivity index is 1.90. The number of carbonyl (C=O) groups is 1. The van der Waals surface area contributed by atoms with E-state index in [4.69, 9.17) is 16.3 Å². The summed E-state index contributed by atoms with van der Waals surface area (Å²) in [5, 5.41) is 5.64. The number of nitrogens with one attached hydrogen (secondary N) is 2. The molecule has 1 fully saturated rings. The van der Waals surface area contributed by atoms with Crippen LogP contribution in [0.5, 0.6) is 5.75 Å². The molecule has 0 bridgehead atoms. The Hall–Kier alpha value is -2.79. The van der Waals surface area contributed by atoms with Gasteiger partial charge in [0.1, 0.15) is 10.8 Å². The fraction of sp³-hybridized carbons (Fsp3) is 0.353. The fourth-order valence-corrected chi connectivity index (χ4v) is 2.83. The Bertz CT molecular complexity index is 891. The minimum atomic E-state index is -4.95. The topological polar surface area (TPSA) is 88.6 Å². The molecule has 3 rings (SSSR count). The van der Waals surface area contributed by atoms with E-state index in [9.17, 15) is 18.0 Å².